The van der Waals surface area contributed by atoms with Gasteiger partial charge in [-0.1, -0.05) is 18.2 Å². The quantitative estimate of drug-likeness (QED) is 0.176. The van der Waals surface area contributed by atoms with Gasteiger partial charge in [-0.15, -0.1) is 11.6 Å². The molecule has 3 unspecified atom stereocenters. The van der Waals surface area contributed by atoms with Crippen molar-refractivity contribution in [2.24, 2.45) is 0 Å². The normalized spacial score (nSPS) is 20.9. The van der Waals surface area contributed by atoms with E-state index >= 15 is 0 Å². The summed E-state index contributed by atoms with van der Waals surface area (Å²) in [5.41, 5.74) is -0.852. The molecule has 1 aliphatic rings. The average Bonchev–Trinajstić information content (AvgIpc) is 2.54. The second-order valence-electron chi connectivity index (χ2n) is 5.24. The summed E-state index contributed by atoms with van der Waals surface area (Å²) >= 11 is 11.8. The number of ether oxygens (including phenoxy) is 2. The number of carbonyl (C=O) groups is 4. The van der Waals surface area contributed by atoms with Crippen molar-refractivity contribution in [3.8, 4) is 0 Å². The minimum absolute atomic E-state index is 0.0928. The number of methoxy groups -OCH3 is 1. The standard InChI is InChI=1S/C14H18Cl2N2O6/c1-6(2)24-13(21)9(7(3)5-15)18-10(16)8(12(18)20)17-11(19)14(22)23-4/h6,8-10H,3,5H2,1-2,4H3,(H,17,19). The lowest BCUT2D eigenvalue weighted by atomic mass is 9.99. The average molecular weight is 381 g/mol. The molecule has 0 bridgehead atoms. The van der Waals surface area contributed by atoms with Gasteiger partial charge in [-0.25, -0.2) is 9.59 Å². The van der Waals surface area contributed by atoms with Gasteiger partial charge in [0.05, 0.1) is 13.2 Å². The van der Waals surface area contributed by atoms with Crippen LogP contribution < -0.4 is 5.32 Å². The third-order valence-corrected chi connectivity index (χ3v) is 3.94. The zero-order chi connectivity index (χ0) is 18.6. The van der Waals surface area contributed by atoms with Gasteiger partial charge in [0, 0.05) is 5.88 Å². The van der Waals surface area contributed by atoms with E-state index in [2.05, 4.69) is 16.6 Å². The van der Waals surface area contributed by atoms with Crippen molar-refractivity contribution >= 4 is 47.0 Å². The van der Waals surface area contributed by atoms with E-state index < -0.39 is 47.4 Å². The third kappa shape index (κ3) is 4.18. The van der Waals surface area contributed by atoms with E-state index in [1.807, 2.05) is 0 Å². The summed E-state index contributed by atoms with van der Waals surface area (Å²) in [5.74, 6) is -3.76. The van der Waals surface area contributed by atoms with Crippen molar-refractivity contribution in [3.05, 3.63) is 12.2 Å². The molecule has 1 rings (SSSR count). The molecule has 1 heterocycles. The number of hydrogen-bond donors (Lipinski definition) is 1. The largest absolute Gasteiger partial charge is 0.462 e. The molecule has 0 aromatic heterocycles. The van der Waals surface area contributed by atoms with Crippen LogP contribution in [-0.2, 0) is 28.7 Å². The Morgan fingerprint density at radius 3 is 2.38 bits per heavy atom. The summed E-state index contributed by atoms with van der Waals surface area (Å²) in [6.07, 6.45) is -0.414. The highest BCUT2D eigenvalue weighted by atomic mass is 35.5. The van der Waals surface area contributed by atoms with Crippen LogP contribution in [0.4, 0.5) is 0 Å². The number of β-lactam (4-membered cyclic amide) rings is 1. The Hall–Kier alpha value is -1.80. The van der Waals surface area contributed by atoms with E-state index in [4.69, 9.17) is 27.9 Å². The lowest BCUT2D eigenvalue weighted by molar-refractivity contribution is -0.166. The first-order chi connectivity index (χ1) is 11.1. The van der Waals surface area contributed by atoms with E-state index in [0.29, 0.717) is 0 Å². The number of alkyl halides is 2. The Morgan fingerprint density at radius 2 is 1.96 bits per heavy atom. The second-order valence-corrected chi connectivity index (χ2v) is 5.96. The maximum atomic E-state index is 12.3. The number of rotatable bonds is 6. The van der Waals surface area contributed by atoms with Crippen LogP contribution in [0, 0.1) is 0 Å². The number of nitrogens with one attached hydrogen (secondary N) is 1. The number of hydrogen-bond acceptors (Lipinski definition) is 6. The molecule has 0 aromatic carbocycles. The van der Waals surface area contributed by atoms with Crippen molar-refractivity contribution in [3.63, 3.8) is 0 Å². The molecule has 0 aliphatic carbocycles. The summed E-state index contributed by atoms with van der Waals surface area (Å²) in [6, 6.07) is -2.35. The summed E-state index contributed by atoms with van der Waals surface area (Å²) in [7, 11) is 1.03. The molecule has 1 fully saturated rings. The van der Waals surface area contributed by atoms with Crippen LogP contribution in [0.5, 0.6) is 0 Å². The molecule has 0 aromatic rings. The van der Waals surface area contributed by atoms with Crippen LogP contribution in [0.25, 0.3) is 0 Å². The van der Waals surface area contributed by atoms with E-state index in [0.717, 1.165) is 12.0 Å². The lowest BCUT2D eigenvalue weighted by Gasteiger charge is -2.47. The minimum atomic E-state index is -1.17. The van der Waals surface area contributed by atoms with Crippen LogP contribution in [-0.4, -0.2) is 65.3 Å². The maximum absolute atomic E-state index is 12.3. The third-order valence-electron chi connectivity index (χ3n) is 3.13. The fraction of sp³-hybridized carbons (Fsp3) is 0.571. The van der Waals surface area contributed by atoms with Crippen molar-refractivity contribution in [1.82, 2.24) is 10.2 Å². The first kappa shape index (κ1) is 20.2. The van der Waals surface area contributed by atoms with Gasteiger partial charge in [0.2, 0.25) is 0 Å². The van der Waals surface area contributed by atoms with Crippen LogP contribution in [0.2, 0.25) is 0 Å². The van der Waals surface area contributed by atoms with Crippen molar-refractivity contribution in [1.29, 1.82) is 0 Å². The molecular weight excluding hydrogens is 363 g/mol. The van der Waals surface area contributed by atoms with Crippen LogP contribution in [0.15, 0.2) is 12.2 Å². The van der Waals surface area contributed by atoms with E-state index in [1.54, 1.807) is 13.8 Å². The van der Waals surface area contributed by atoms with Gasteiger partial charge in [-0.05, 0) is 19.4 Å². The Morgan fingerprint density at radius 1 is 1.38 bits per heavy atom. The summed E-state index contributed by atoms with van der Waals surface area (Å²) in [4.78, 5) is 48.0. The minimum Gasteiger partial charge on any atom is -0.462 e. The predicted octanol–water partition coefficient (Wildman–Crippen LogP) is 0.167. The summed E-state index contributed by atoms with van der Waals surface area (Å²) in [5, 5.41) is 2.14. The molecule has 3 atom stereocenters. The molecule has 10 heteroatoms. The molecule has 8 nitrogen and oxygen atoms in total. The molecule has 1 saturated heterocycles. The van der Waals surface area contributed by atoms with E-state index in [9.17, 15) is 19.2 Å². The van der Waals surface area contributed by atoms with Crippen LogP contribution in [0.1, 0.15) is 13.8 Å². The van der Waals surface area contributed by atoms with E-state index in [-0.39, 0.29) is 11.5 Å². The van der Waals surface area contributed by atoms with Crippen LogP contribution in [0.3, 0.4) is 0 Å². The maximum Gasteiger partial charge on any atom is 0.396 e. The smallest absolute Gasteiger partial charge is 0.396 e. The van der Waals surface area contributed by atoms with Crippen LogP contribution >= 0.6 is 23.2 Å². The van der Waals surface area contributed by atoms with Gasteiger partial charge in [-0.3, -0.25) is 9.59 Å². The Balaban J connectivity index is 2.90. The molecule has 0 saturated carbocycles. The zero-order valence-corrected chi connectivity index (χ0v) is 14.9. The van der Waals surface area contributed by atoms with Crippen molar-refractivity contribution in [2.75, 3.05) is 13.0 Å². The number of esters is 2. The molecule has 0 spiro atoms. The molecule has 0 radical (unpaired) electrons. The SMILES string of the molecule is C=C(CCl)C(C(=O)OC(C)C)N1C(=O)C(NC(=O)C(=O)OC)C1Cl. The summed E-state index contributed by atoms with van der Waals surface area (Å²) in [6.45, 7) is 6.95. The zero-order valence-electron chi connectivity index (χ0n) is 13.4. The predicted molar refractivity (Wildman–Crippen MR) is 85.3 cm³/mol. The fourth-order valence-electron chi connectivity index (χ4n) is 2.02. The highest BCUT2D eigenvalue weighted by Crippen LogP contribution is 2.30. The number of nitrogens with zero attached hydrogens (tertiary/aromatic N) is 1. The molecular formula is C14H18Cl2N2O6. The van der Waals surface area contributed by atoms with Crippen molar-refractivity contribution < 1.29 is 28.7 Å². The number of carbonyl (C=O) groups excluding carboxylic acids is 4. The Labute approximate surface area is 149 Å². The summed E-state index contributed by atoms with van der Waals surface area (Å²) < 4.78 is 9.33. The number of halogens is 2. The van der Waals surface area contributed by atoms with Gasteiger partial charge in [0.15, 0.2) is 6.04 Å². The molecule has 134 valence electrons. The monoisotopic (exact) mass is 380 g/mol. The fourth-order valence-corrected chi connectivity index (χ4v) is 2.54. The molecule has 1 N–H and O–H groups in total. The first-order valence-corrected chi connectivity index (χ1v) is 7.91. The number of likely N-dealkylation sites (tertiary alicyclic amines) is 1. The van der Waals surface area contributed by atoms with E-state index in [1.165, 1.54) is 0 Å². The molecule has 1 aliphatic heterocycles. The highest BCUT2D eigenvalue weighted by Gasteiger charge is 2.53. The highest BCUT2D eigenvalue weighted by molar-refractivity contribution is 6.34. The topological polar surface area (TPSA) is 102 Å². The van der Waals surface area contributed by atoms with Crippen molar-refractivity contribution in [2.45, 2.75) is 37.5 Å². The van der Waals surface area contributed by atoms with Gasteiger partial charge >= 0.3 is 17.8 Å². The van der Waals surface area contributed by atoms with Gasteiger partial charge in [-0.2, -0.15) is 0 Å². The van der Waals surface area contributed by atoms with Gasteiger partial charge < -0.3 is 19.7 Å². The Kier molecular flexibility index (Phi) is 7.04. The lowest BCUT2D eigenvalue weighted by Crippen LogP contribution is -2.73. The Bertz CT molecular complexity index is 565. The molecule has 2 amide bonds. The molecule has 24 heavy (non-hydrogen) atoms. The second kappa shape index (κ2) is 8.34. The van der Waals surface area contributed by atoms with Gasteiger partial charge in [0.25, 0.3) is 5.91 Å². The first-order valence-electron chi connectivity index (χ1n) is 6.94. The van der Waals surface area contributed by atoms with Gasteiger partial charge in [0.1, 0.15) is 11.5 Å². The number of amides is 2.